The van der Waals surface area contributed by atoms with E-state index in [-0.39, 0.29) is 0 Å². The number of allylic oxidation sites excluding steroid dienone is 1. The van der Waals surface area contributed by atoms with Crippen molar-refractivity contribution in [2.24, 2.45) is 10.9 Å². The number of benzene rings is 1. The van der Waals surface area contributed by atoms with Crippen LogP contribution in [0.4, 0.5) is 0 Å². The van der Waals surface area contributed by atoms with Crippen LogP contribution in [-0.4, -0.2) is 31.9 Å². The van der Waals surface area contributed by atoms with Crippen LogP contribution in [0, 0.1) is 5.92 Å². The minimum atomic E-state index is -0.634. The molecule has 0 saturated carbocycles. The van der Waals surface area contributed by atoms with Gasteiger partial charge in [0.1, 0.15) is 5.92 Å². The average molecular weight is 301 g/mol. The summed E-state index contributed by atoms with van der Waals surface area (Å²) in [5.74, 6) is -1.98. The van der Waals surface area contributed by atoms with E-state index in [9.17, 15) is 9.59 Å². The maximum absolute atomic E-state index is 12.2. The molecule has 5 nitrogen and oxygen atoms in total. The molecule has 0 aliphatic carbocycles. The van der Waals surface area contributed by atoms with Crippen molar-refractivity contribution >= 4 is 17.7 Å². The molecular formula is C17H19NO4. The lowest BCUT2D eigenvalue weighted by Crippen LogP contribution is -2.36. The number of carbonyl (C=O) groups excluding carboxylic acids is 2. The number of esters is 2. The SMILES string of the molecule is COC(=O)C1=C(C)N=C(C)C(C(=O)OC)C1c1ccccc1. The molecule has 1 aliphatic rings. The number of nitrogens with zero attached hydrogens (tertiary/aromatic N) is 1. The molecule has 22 heavy (non-hydrogen) atoms. The Bertz CT molecular complexity index is 646. The van der Waals surface area contributed by atoms with Crippen molar-refractivity contribution in [3.63, 3.8) is 0 Å². The Morgan fingerprint density at radius 2 is 1.68 bits per heavy atom. The second-order valence-electron chi connectivity index (χ2n) is 5.13. The molecule has 2 atom stereocenters. The first-order valence-corrected chi connectivity index (χ1v) is 6.98. The molecule has 116 valence electrons. The fourth-order valence-corrected chi connectivity index (χ4v) is 2.86. The van der Waals surface area contributed by atoms with Crippen molar-refractivity contribution in [3.8, 4) is 0 Å². The monoisotopic (exact) mass is 301 g/mol. The molecule has 0 saturated heterocycles. The van der Waals surface area contributed by atoms with Crippen molar-refractivity contribution < 1.29 is 19.1 Å². The van der Waals surface area contributed by atoms with E-state index in [1.54, 1.807) is 13.8 Å². The Labute approximate surface area is 129 Å². The molecule has 0 fully saturated rings. The van der Waals surface area contributed by atoms with Crippen LogP contribution in [0.25, 0.3) is 0 Å². The highest BCUT2D eigenvalue weighted by Gasteiger charge is 2.41. The average Bonchev–Trinajstić information content (AvgIpc) is 2.53. The number of methoxy groups -OCH3 is 2. The van der Waals surface area contributed by atoms with Crippen LogP contribution in [0.2, 0.25) is 0 Å². The van der Waals surface area contributed by atoms with E-state index < -0.39 is 23.8 Å². The summed E-state index contributed by atoms with van der Waals surface area (Å²) in [5, 5.41) is 0. The summed E-state index contributed by atoms with van der Waals surface area (Å²) >= 11 is 0. The Balaban J connectivity index is 2.64. The Morgan fingerprint density at radius 1 is 1.05 bits per heavy atom. The summed E-state index contributed by atoms with van der Waals surface area (Å²) in [6.45, 7) is 3.52. The smallest absolute Gasteiger partial charge is 0.336 e. The van der Waals surface area contributed by atoms with Crippen LogP contribution in [0.15, 0.2) is 46.6 Å². The summed E-state index contributed by atoms with van der Waals surface area (Å²) in [5.41, 5.74) is 2.45. The zero-order chi connectivity index (χ0) is 16.3. The van der Waals surface area contributed by atoms with Gasteiger partial charge in [-0.15, -0.1) is 0 Å². The number of aliphatic imine (C=N–C) groups is 1. The van der Waals surface area contributed by atoms with Gasteiger partial charge >= 0.3 is 11.9 Å². The molecule has 0 bridgehead atoms. The Kier molecular flexibility index (Phi) is 4.75. The van der Waals surface area contributed by atoms with Crippen molar-refractivity contribution in [1.29, 1.82) is 0 Å². The van der Waals surface area contributed by atoms with Gasteiger partial charge in [-0.05, 0) is 19.4 Å². The first kappa shape index (κ1) is 15.9. The van der Waals surface area contributed by atoms with Crippen LogP contribution >= 0.6 is 0 Å². The lowest BCUT2D eigenvalue weighted by atomic mass is 9.75. The lowest BCUT2D eigenvalue weighted by Gasteiger charge is -2.31. The van der Waals surface area contributed by atoms with Gasteiger partial charge in [-0.1, -0.05) is 30.3 Å². The normalized spacial score (nSPS) is 21.2. The second-order valence-corrected chi connectivity index (χ2v) is 5.13. The zero-order valence-electron chi connectivity index (χ0n) is 13.1. The Hall–Kier alpha value is -2.43. The molecule has 1 heterocycles. The summed E-state index contributed by atoms with van der Waals surface area (Å²) in [7, 11) is 2.66. The largest absolute Gasteiger partial charge is 0.468 e. The molecule has 0 spiro atoms. The zero-order valence-corrected chi connectivity index (χ0v) is 13.1. The van der Waals surface area contributed by atoms with E-state index in [0.29, 0.717) is 17.0 Å². The molecule has 1 aromatic carbocycles. The fraction of sp³-hybridized carbons (Fsp3) is 0.353. The molecule has 5 heteroatoms. The molecule has 2 rings (SSSR count). The highest BCUT2D eigenvalue weighted by molar-refractivity contribution is 6.06. The number of hydrogen-bond acceptors (Lipinski definition) is 5. The first-order valence-electron chi connectivity index (χ1n) is 6.98. The second kappa shape index (κ2) is 6.56. The maximum Gasteiger partial charge on any atom is 0.336 e. The third kappa shape index (κ3) is 2.79. The molecule has 0 aromatic heterocycles. The highest BCUT2D eigenvalue weighted by Crippen LogP contribution is 2.39. The van der Waals surface area contributed by atoms with Crippen molar-refractivity contribution in [2.75, 3.05) is 14.2 Å². The number of ether oxygens (including phenoxy) is 2. The standard InChI is InChI=1S/C17H19NO4/c1-10-13(16(19)21-3)15(12-8-6-5-7-9-12)14(11(2)18-10)17(20)22-4/h5-9,13,15H,1-4H3. The predicted molar refractivity (Wildman–Crippen MR) is 82.5 cm³/mol. The van der Waals surface area contributed by atoms with Crippen molar-refractivity contribution in [1.82, 2.24) is 0 Å². The minimum absolute atomic E-state index is 0.398. The summed E-state index contributed by atoms with van der Waals surface area (Å²) in [6.07, 6.45) is 0. The molecule has 0 amide bonds. The molecule has 0 N–H and O–H groups in total. The lowest BCUT2D eigenvalue weighted by molar-refractivity contribution is -0.143. The first-order chi connectivity index (χ1) is 10.5. The number of hydrogen-bond donors (Lipinski definition) is 0. The van der Waals surface area contributed by atoms with Crippen LogP contribution in [0.3, 0.4) is 0 Å². The van der Waals surface area contributed by atoms with E-state index in [1.807, 2.05) is 30.3 Å². The topological polar surface area (TPSA) is 65.0 Å². The van der Waals surface area contributed by atoms with E-state index in [0.717, 1.165) is 5.56 Å². The molecular weight excluding hydrogens is 282 g/mol. The van der Waals surface area contributed by atoms with E-state index >= 15 is 0 Å². The highest BCUT2D eigenvalue weighted by atomic mass is 16.5. The van der Waals surface area contributed by atoms with Gasteiger partial charge < -0.3 is 9.47 Å². The quantitative estimate of drug-likeness (QED) is 0.805. The third-order valence-electron chi connectivity index (χ3n) is 3.85. The minimum Gasteiger partial charge on any atom is -0.468 e. The predicted octanol–water partition coefficient (Wildman–Crippen LogP) is 2.48. The summed E-state index contributed by atoms with van der Waals surface area (Å²) in [4.78, 5) is 28.8. The Morgan fingerprint density at radius 3 is 2.23 bits per heavy atom. The molecule has 1 aliphatic heterocycles. The summed E-state index contributed by atoms with van der Waals surface area (Å²) < 4.78 is 9.80. The van der Waals surface area contributed by atoms with E-state index in [1.165, 1.54) is 14.2 Å². The van der Waals surface area contributed by atoms with Crippen LogP contribution < -0.4 is 0 Å². The number of carbonyl (C=O) groups is 2. The molecule has 0 radical (unpaired) electrons. The molecule has 1 aromatic rings. The van der Waals surface area contributed by atoms with Gasteiger partial charge in [-0.3, -0.25) is 9.79 Å². The maximum atomic E-state index is 12.2. The van der Waals surface area contributed by atoms with Gasteiger partial charge in [0.15, 0.2) is 0 Å². The summed E-state index contributed by atoms with van der Waals surface area (Å²) in [6, 6.07) is 9.39. The van der Waals surface area contributed by atoms with Crippen LogP contribution in [0.5, 0.6) is 0 Å². The number of rotatable bonds is 3. The van der Waals surface area contributed by atoms with Crippen LogP contribution in [0.1, 0.15) is 25.3 Å². The van der Waals surface area contributed by atoms with Crippen LogP contribution in [-0.2, 0) is 19.1 Å². The van der Waals surface area contributed by atoms with Gasteiger partial charge in [0, 0.05) is 17.3 Å². The van der Waals surface area contributed by atoms with Gasteiger partial charge in [0.2, 0.25) is 0 Å². The van der Waals surface area contributed by atoms with Crippen molar-refractivity contribution in [2.45, 2.75) is 19.8 Å². The van der Waals surface area contributed by atoms with E-state index in [2.05, 4.69) is 4.99 Å². The third-order valence-corrected chi connectivity index (χ3v) is 3.85. The fourth-order valence-electron chi connectivity index (χ4n) is 2.86. The molecule has 2 unspecified atom stereocenters. The van der Waals surface area contributed by atoms with Gasteiger partial charge in [0.05, 0.1) is 19.8 Å². The van der Waals surface area contributed by atoms with Gasteiger partial charge in [-0.2, -0.15) is 0 Å². The van der Waals surface area contributed by atoms with Gasteiger partial charge in [-0.25, -0.2) is 4.79 Å². The van der Waals surface area contributed by atoms with Gasteiger partial charge in [0.25, 0.3) is 0 Å². The van der Waals surface area contributed by atoms with E-state index in [4.69, 9.17) is 9.47 Å². The van der Waals surface area contributed by atoms with Crippen molar-refractivity contribution in [3.05, 3.63) is 47.2 Å².